The maximum absolute atomic E-state index is 14.1. The minimum absolute atomic E-state index is 0.0455. The number of ether oxygens (including phenoxy) is 3. The Balaban J connectivity index is 1.68. The number of methoxy groups -OCH3 is 1. The van der Waals surface area contributed by atoms with E-state index in [0.717, 1.165) is 0 Å². The lowest BCUT2D eigenvalue weighted by molar-refractivity contribution is -0.0128. The quantitative estimate of drug-likeness (QED) is 0.406. The van der Waals surface area contributed by atoms with Crippen molar-refractivity contribution in [2.45, 2.75) is 25.4 Å². The fraction of sp³-hybridized carbons (Fsp3) is 0.250. The number of halogens is 3. The summed E-state index contributed by atoms with van der Waals surface area (Å²) in [6.07, 6.45) is -2.63. The number of hydrogen-bond donors (Lipinski definition) is 0. The molecule has 0 aliphatic rings. The van der Waals surface area contributed by atoms with Crippen molar-refractivity contribution in [3.05, 3.63) is 89.7 Å². The van der Waals surface area contributed by atoms with Gasteiger partial charge in [0.05, 0.1) is 25.7 Å². The molecule has 0 fully saturated rings. The molecule has 0 aliphatic carbocycles. The molecule has 0 amide bonds. The zero-order valence-corrected chi connectivity index (χ0v) is 16.8. The van der Waals surface area contributed by atoms with Gasteiger partial charge in [0.15, 0.2) is 11.6 Å². The highest BCUT2D eigenvalue weighted by atomic mass is 19.3. The van der Waals surface area contributed by atoms with Crippen LogP contribution in [0.4, 0.5) is 13.2 Å². The summed E-state index contributed by atoms with van der Waals surface area (Å²) in [6.45, 7) is 1.29. The molecule has 3 rings (SSSR count). The van der Waals surface area contributed by atoms with Crippen molar-refractivity contribution in [2.75, 3.05) is 13.7 Å². The van der Waals surface area contributed by atoms with Crippen LogP contribution >= 0.6 is 0 Å². The molecule has 0 radical (unpaired) electrons. The number of rotatable bonds is 9. The van der Waals surface area contributed by atoms with Gasteiger partial charge in [0, 0.05) is 0 Å². The van der Waals surface area contributed by atoms with Gasteiger partial charge >= 0.3 is 0 Å². The first-order valence-corrected chi connectivity index (χ1v) is 9.44. The van der Waals surface area contributed by atoms with Gasteiger partial charge in [0.2, 0.25) is 6.43 Å². The van der Waals surface area contributed by atoms with E-state index in [1.54, 1.807) is 54.6 Å². The second-order valence-electron chi connectivity index (χ2n) is 7.12. The van der Waals surface area contributed by atoms with E-state index in [1.807, 2.05) is 6.07 Å². The molecular formula is C24H23F3O3. The van der Waals surface area contributed by atoms with Gasteiger partial charge in [-0.25, -0.2) is 13.2 Å². The lowest BCUT2D eigenvalue weighted by atomic mass is 9.83. The molecule has 0 spiro atoms. The van der Waals surface area contributed by atoms with Gasteiger partial charge in [-0.1, -0.05) is 36.4 Å². The van der Waals surface area contributed by atoms with Gasteiger partial charge in [0.1, 0.15) is 11.5 Å². The van der Waals surface area contributed by atoms with E-state index in [0.29, 0.717) is 22.6 Å². The summed E-state index contributed by atoms with van der Waals surface area (Å²) in [6, 6.07) is 19.6. The van der Waals surface area contributed by atoms with Crippen molar-refractivity contribution in [1.82, 2.24) is 0 Å². The van der Waals surface area contributed by atoms with Gasteiger partial charge in [0.25, 0.3) is 0 Å². The molecule has 0 saturated carbocycles. The average molecular weight is 416 g/mol. The first-order valence-electron chi connectivity index (χ1n) is 9.44. The van der Waals surface area contributed by atoms with Crippen LogP contribution in [0.3, 0.4) is 0 Å². The van der Waals surface area contributed by atoms with Crippen LogP contribution < -0.4 is 9.47 Å². The first kappa shape index (κ1) is 21.7. The predicted octanol–water partition coefficient (Wildman–Crippen LogP) is 6.37. The molecule has 3 aromatic carbocycles. The number of para-hydroxylation sites is 1. The Morgan fingerprint density at radius 3 is 2.23 bits per heavy atom. The zero-order chi connectivity index (χ0) is 21.6. The SMILES string of the molecule is COc1ccc(C(C)(COCc2ccc(F)c(Oc3ccccc3)c2)C(F)F)cc1. The van der Waals surface area contributed by atoms with E-state index in [-0.39, 0.29) is 19.0 Å². The predicted molar refractivity (Wildman–Crippen MR) is 109 cm³/mol. The Morgan fingerprint density at radius 1 is 0.900 bits per heavy atom. The van der Waals surface area contributed by atoms with Crippen molar-refractivity contribution in [3.8, 4) is 17.2 Å². The van der Waals surface area contributed by atoms with Crippen LogP contribution in [-0.2, 0) is 16.8 Å². The fourth-order valence-electron chi connectivity index (χ4n) is 2.96. The fourth-order valence-corrected chi connectivity index (χ4v) is 2.96. The van der Waals surface area contributed by atoms with Gasteiger partial charge in [-0.3, -0.25) is 0 Å². The Kier molecular flexibility index (Phi) is 7.00. The van der Waals surface area contributed by atoms with Gasteiger partial charge in [-0.15, -0.1) is 0 Å². The maximum atomic E-state index is 14.1. The number of hydrogen-bond acceptors (Lipinski definition) is 3. The number of alkyl halides is 2. The Bertz CT molecular complexity index is 946. The van der Waals surface area contributed by atoms with E-state index in [2.05, 4.69) is 0 Å². The van der Waals surface area contributed by atoms with Gasteiger partial charge in [-0.05, 0) is 54.4 Å². The van der Waals surface area contributed by atoms with Crippen LogP contribution in [-0.4, -0.2) is 20.1 Å². The molecule has 1 unspecified atom stereocenters. The molecule has 0 heterocycles. The van der Waals surface area contributed by atoms with Crippen LogP contribution in [0.15, 0.2) is 72.8 Å². The molecule has 3 aromatic rings. The van der Waals surface area contributed by atoms with E-state index in [9.17, 15) is 13.2 Å². The van der Waals surface area contributed by atoms with Gasteiger partial charge < -0.3 is 14.2 Å². The third-order valence-electron chi connectivity index (χ3n) is 4.87. The molecule has 0 saturated heterocycles. The van der Waals surface area contributed by atoms with Crippen LogP contribution in [0, 0.1) is 5.82 Å². The monoisotopic (exact) mass is 416 g/mol. The largest absolute Gasteiger partial charge is 0.497 e. The van der Waals surface area contributed by atoms with Crippen LogP contribution in [0.1, 0.15) is 18.1 Å². The highest BCUT2D eigenvalue weighted by Crippen LogP contribution is 2.33. The lowest BCUT2D eigenvalue weighted by Gasteiger charge is -2.29. The van der Waals surface area contributed by atoms with Gasteiger partial charge in [-0.2, -0.15) is 0 Å². The van der Waals surface area contributed by atoms with E-state index in [4.69, 9.17) is 14.2 Å². The minimum atomic E-state index is -2.63. The van der Waals surface area contributed by atoms with E-state index in [1.165, 1.54) is 26.2 Å². The smallest absolute Gasteiger partial charge is 0.250 e. The summed E-state index contributed by atoms with van der Waals surface area (Å²) < 4.78 is 58.1. The Hall–Kier alpha value is -2.99. The summed E-state index contributed by atoms with van der Waals surface area (Å²) in [5.41, 5.74) is -0.422. The molecule has 30 heavy (non-hydrogen) atoms. The van der Waals surface area contributed by atoms with Crippen LogP contribution in [0.5, 0.6) is 17.2 Å². The molecule has 0 aromatic heterocycles. The summed E-state index contributed by atoms with van der Waals surface area (Å²) in [5, 5.41) is 0. The Morgan fingerprint density at radius 2 is 1.60 bits per heavy atom. The lowest BCUT2D eigenvalue weighted by Crippen LogP contribution is -2.36. The summed E-state index contributed by atoms with van der Waals surface area (Å²) in [7, 11) is 1.52. The van der Waals surface area contributed by atoms with Crippen LogP contribution in [0.2, 0.25) is 0 Å². The molecule has 1 atom stereocenters. The standard InChI is InChI=1S/C24H23F3O3/c1-24(23(26)27,18-9-11-19(28-2)12-10-18)16-29-15-17-8-13-21(25)22(14-17)30-20-6-4-3-5-7-20/h3-14,23H,15-16H2,1-2H3. The highest BCUT2D eigenvalue weighted by molar-refractivity contribution is 5.35. The molecule has 0 aliphatic heterocycles. The van der Waals surface area contributed by atoms with E-state index >= 15 is 0 Å². The molecule has 158 valence electrons. The van der Waals surface area contributed by atoms with E-state index < -0.39 is 17.7 Å². The normalized spacial score (nSPS) is 13.1. The first-order chi connectivity index (χ1) is 14.4. The second-order valence-corrected chi connectivity index (χ2v) is 7.12. The highest BCUT2D eigenvalue weighted by Gasteiger charge is 2.37. The molecular weight excluding hydrogens is 393 g/mol. The van der Waals surface area contributed by atoms with Crippen molar-refractivity contribution in [2.24, 2.45) is 0 Å². The summed E-state index contributed by atoms with van der Waals surface area (Å²) >= 11 is 0. The van der Waals surface area contributed by atoms with Crippen molar-refractivity contribution in [1.29, 1.82) is 0 Å². The van der Waals surface area contributed by atoms with Crippen molar-refractivity contribution >= 4 is 0 Å². The maximum Gasteiger partial charge on any atom is 0.250 e. The third-order valence-corrected chi connectivity index (χ3v) is 4.87. The number of benzene rings is 3. The Labute approximate surface area is 174 Å². The summed E-state index contributed by atoms with van der Waals surface area (Å²) in [4.78, 5) is 0. The minimum Gasteiger partial charge on any atom is -0.497 e. The topological polar surface area (TPSA) is 27.7 Å². The summed E-state index contributed by atoms with van der Waals surface area (Å²) in [5.74, 6) is 0.625. The molecule has 0 bridgehead atoms. The third kappa shape index (κ3) is 5.13. The van der Waals surface area contributed by atoms with Crippen molar-refractivity contribution < 1.29 is 27.4 Å². The molecule has 6 heteroatoms. The van der Waals surface area contributed by atoms with Crippen molar-refractivity contribution in [3.63, 3.8) is 0 Å². The molecule has 3 nitrogen and oxygen atoms in total. The molecule has 0 N–H and O–H groups in total. The average Bonchev–Trinajstić information content (AvgIpc) is 2.76. The second kappa shape index (κ2) is 9.67. The van der Waals surface area contributed by atoms with Crippen LogP contribution in [0.25, 0.3) is 0 Å². The zero-order valence-electron chi connectivity index (χ0n) is 16.8.